The second-order valence-corrected chi connectivity index (χ2v) is 4.26. The molecular weight excluding hydrogens is 178 g/mol. The van der Waals surface area contributed by atoms with Crippen molar-refractivity contribution >= 4 is 12.6 Å². The van der Waals surface area contributed by atoms with Crippen LogP contribution in [-0.2, 0) is 12.8 Å². The number of thiol groups is 1. The van der Waals surface area contributed by atoms with E-state index in [-0.39, 0.29) is 5.25 Å². The van der Waals surface area contributed by atoms with Gasteiger partial charge < -0.3 is 5.73 Å². The molecule has 0 saturated heterocycles. The van der Waals surface area contributed by atoms with Gasteiger partial charge in [-0.15, -0.1) is 0 Å². The van der Waals surface area contributed by atoms with E-state index in [9.17, 15) is 0 Å². The topological polar surface area (TPSA) is 26.0 Å². The fraction of sp³-hybridized carbons (Fsp3) is 0.455. The van der Waals surface area contributed by atoms with Gasteiger partial charge >= 0.3 is 0 Å². The Bertz CT molecular complexity index is 309. The molecule has 0 aromatic heterocycles. The van der Waals surface area contributed by atoms with Crippen LogP contribution in [0.2, 0.25) is 0 Å². The molecule has 1 aliphatic rings. The first-order valence-corrected chi connectivity index (χ1v) is 5.32. The summed E-state index contributed by atoms with van der Waals surface area (Å²) in [5.74, 6) is 0. The molecule has 2 heteroatoms. The highest BCUT2D eigenvalue weighted by Gasteiger charge is 2.12. The van der Waals surface area contributed by atoms with E-state index in [4.69, 9.17) is 5.73 Å². The smallest absolute Gasteiger partial charge is 0.0389 e. The molecule has 2 rings (SSSR count). The quantitative estimate of drug-likeness (QED) is 0.691. The number of hydrogen-bond donors (Lipinski definition) is 2. The SMILES string of the molecule is NCC(S)c1ccc2c(c1)CCC2. The molecule has 1 aromatic carbocycles. The number of nitrogens with two attached hydrogens (primary N) is 1. The minimum absolute atomic E-state index is 0.200. The van der Waals surface area contributed by atoms with Crippen LogP contribution in [0.25, 0.3) is 0 Å². The summed E-state index contributed by atoms with van der Waals surface area (Å²) in [6.45, 7) is 0.613. The van der Waals surface area contributed by atoms with Gasteiger partial charge in [0.2, 0.25) is 0 Å². The molecule has 0 bridgehead atoms. The Hall–Kier alpha value is -0.470. The molecule has 0 fully saturated rings. The maximum atomic E-state index is 5.57. The molecule has 1 nitrogen and oxygen atoms in total. The van der Waals surface area contributed by atoms with Gasteiger partial charge in [-0.3, -0.25) is 0 Å². The van der Waals surface area contributed by atoms with Crippen LogP contribution in [0.15, 0.2) is 18.2 Å². The molecule has 0 amide bonds. The second kappa shape index (κ2) is 3.72. The fourth-order valence-corrected chi connectivity index (χ4v) is 2.10. The van der Waals surface area contributed by atoms with E-state index in [2.05, 4.69) is 30.8 Å². The highest BCUT2D eigenvalue weighted by molar-refractivity contribution is 7.80. The third kappa shape index (κ3) is 1.74. The van der Waals surface area contributed by atoms with Crippen LogP contribution >= 0.6 is 12.6 Å². The molecule has 2 N–H and O–H groups in total. The normalized spacial score (nSPS) is 17.1. The molecule has 70 valence electrons. The van der Waals surface area contributed by atoms with Crippen LogP contribution < -0.4 is 5.73 Å². The van der Waals surface area contributed by atoms with Crippen molar-refractivity contribution in [3.63, 3.8) is 0 Å². The van der Waals surface area contributed by atoms with Crippen LogP contribution in [0, 0.1) is 0 Å². The van der Waals surface area contributed by atoms with E-state index in [0.29, 0.717) is 6.54 Å². The maximum absolute atomic E-state index is 5.57. The van der Waals surface area contributed by atoms with Gasteiger partial charge in [-0.05, 0) is 36.0 Å². The average Bonchev–Trinajstić information content (AvgIpc) is 2.63. The molecule has 0 radical (unpaired) electrons. The monoisotopic (exact) mass is 193 g/mol. The minimum atomic E-state index is 0.200. The summed E-state index contributed by atoms with van der Waals surface area (Å²) in [6, 6.07) is 6.66. The predicted octanol–water partition coefficient (Wildman–Crippen LogP) is 2.10. The van der Waals surface area contributed by atoms with Gasteiger partial charge in [-0.25, -0.2) is 0 Å². The van der Waals surface area contributed by atoms with Crippen LogP contribution in [0.5, 0.6) is 0 Å². The van der Waals surface area contributed by atoms with E-state index in [1.807, 2.05) is 0 Å². The highest BCUT2D eigenvalue weighted by atomic mass is 32.1. The van der Waals surface area contributed by atoms with Crippen molar-refractivity contribution in [2.45, 2.75) is 24.5 Å². The first-order valence-electron chi connectivity index (χ1n) is 4.81. The molecule has 1 aliphatic carbocycles. The lowest BCUT2D eigenvalue weighted by molar-refractivity contribution is 0.910. The van der Waals surface area contributed by atoms with Crippen molar-refractivity contribution < 1.29 is 0 Å². The predicted molar refractivity (Wildman–Crippen MR) is 59.2 cm³/mol. The van der Waals surface area contributed by atoms with Gasteiger partial charge in [-0.2, -0.15) is 12.6 Å². The summed E-state index contributed by atoms with van der Waals surface area (Å²) < 4.78 is 0. The van der Waals surface area contributed by atoms with Crippen molar-refractivity contribution in [1.82, 2.24) is 0 Å². The molecule has 1 unspecified atom stereocenters. The molecule has 1 aromatic rings. The van der Waals surface area contributed by atoms with Crippen LogP contribution in [-0.4, -0.2) is 6.54 Å². The van der Waals surface area contributed by atoms with E-state index >= 15 is 0 Å². The zero-order chi connectivity index (χ0) is 9.26. The summed E-state index contributed by atoms with van der Waals surface area (Å²) in [5.41, 5.74) is 9.86. The zero-order valence-corrected chi connectivity index (χ0v) is 8.56. The van der Waals surface area contributed by atoms with Gasteiger partial charge in [0.05, 0.1) is 0 Å². The number of rotatable bonds is 2. The first-order chi connectivity index (χ1) is 6.31. The van der Waals surface area contributed by atoms with E-state index in [0.717, 1.165) is 0 Å². The number of benzene rings is 1. The lowest BCUT2D eigenvalue weighted by Gasteiger charge is -2.09. The lowest BCUT2D eigenvalue weighted by Crippen LogP contribution is -2.07. The molecule has 0 saturated carbocycles. The summed E-state index contributed by atoms with van der Waals surface area (Å²) >= 11 is 4.44. The number of hydrogen-bond acceptors (Lipinski definition) is 2. The van der Waals surface area contributed by atoms with Crippen molar-refractivity contribution in [2.24, 2.45) is 5.73 Å². The van der Waals surface area contributed by atoms with Crippen LogP contribution in [0.4, 0.5) is 0 Å². The fourth-order valence-electron chi connectivity index (χ4n) is 1.94. The maximum Gasteiger partial charge on any atom is 0.0389 e. The first kappa shape index (κ1) is 9.10. The van der Waals surface area contributed by atoms with Crippen molar-refractivity contribution in [2.75, 3.05) is 6.54 Å². The van der Waals surface area contributed by atoms with Crippen molar-refractivity contribution in [3.05, 3.63) is 34.9 Å². The molecule has 1 atom stereocenters. The summed E-state index contributed by atoms with van der Waals surface area (Å²) in [7, 11) is 0. The Morgan fingerprint density at radius 1 is 1.31 bits per heavy atom. The van der Waals surface area contributed by atoms with E-state index < -0.39 is 0 Å². The van der Waals surface area contributed by atoms with Crippen LogP contribution in [0.3, 0.4) is 0 Å². The Morgan fingerprint density at radius 2 is 2.08 bits per heavy atom. The Kier molecular flexibility index (Phi) is 2.61. The Labute approximate surface area is 84.7 Å². The van der Waals surface area contributed by atoms with Gasteiger partial charge in [0, 0.05) is 11.8 Å². The summed E-state index contributed by atoms with van der Waals surface area (Å²) in [4.78, 5) is 0. The molecule has 0 heterocycles. The standard InChI is InChI=1S/C11H15NS/c12-7-11(13)10-5-4-8-2-1-3-9(8)6-10/h4-6,11,13H,1-3,7,12H2. The Balaban J connectivity index is 2.30. The van der Waals surface area contributed by atoms with Gasteiger partial charge in [0.1, 0.15) is 0 Å². The highest BCUT2D eigenvalue weighted by Crippen LogP contribution is 2.27. The van der Waals surface area contributed by atoms with Gasteiger partial charge in [-0.1, -0.05) is 18.2 Å². The summed E-state index contributed by atoms with van der Waals surface area (Å²) in [6.07, 6.45) is 3.78. The molecule has 13 heavy (non-hydrogen) atoms. The molecule has 0 aliphatic heterocycles. The van der Waals surface area contributed by atoms with Crippen molar-refractivity contribution in [3.8, 4) is 0 Å². The zero-order valence-electron chi connectivity index (χ0n) is 7.66. The average molecular weight is 193 g/mol. The lowest BCUT2D eigenvalue weighted by atomic mass is 10.0. The van der Waals surface area contributed by atoms with E-state index in [1.54, 1.807) is 0 Å². The Morgan fingerprint density at radius 3 is 2.85 bits per heavy atom. The van der Waals surface area contributed by atoms with Gasteiger partial charge in [0.15, 0.2) is 0 Å². The minimum Gasteiger partial charge on any atom is -0.329 e. The van der Waals surface area contributed by atoms with Crippen molar-refractivity contribution in [1.29, 1.82) is 0 Å². The number of aryl methyl sites for hydroxylation is 2. The second-order valence-electron chi connectivity index (χ2n) is 3.63. The summed E-state index contributed by atoms with van der Waals surface area (Å²) in [5, 5.41) is 0.200. The largest absolute Gasteiger partial charge is 0.329 e. The van der Waals surface area contributed by atoms with E-state index in [1.165, 1.54) is 36.0 Å². The molecular formula is C11H15NS. The van der Waals surface area contributed by atoms with Crippen LogP contribution in [0.1, 0.15) is 28.4 Å². The van der Waals surface area contributed by atoms with Gasteiger partial charge in [0.25, 0.3) is 0 Å². The third-order valence-electron chi connectivity index (χ3n) is 2.73. The number of fused-ring (bicyclic) bond motifs is 1. The molecule has 0 spiro atoms. The third-order valence-corrected chi connectivity index (χ3v) is 3.24.